The van der Waals surface area contributed by atoms with Crippen LogP contribution in [0.2, 0.25) is 0 Å². The lowest BCUT2D eigenvalue weighted by atomic mass is 9.58. The zero-order chi connectivity index (χ0) is 19.8. The zero-order valence-electron chi connectivity index (χ0n) is 15.3. The first-order valence-corrected chi connectivity index (χ1v) is 8.85. The Morgan fingerprint density at radius 2 is 1.96 bits per heavy atom. The third-order valence-corrected chi connectivity index (χ3v) is 5.65. The van der Waals surface area contributed by atoms with Crippen LogP contribution in [0.4, 0.5) is 0 Å². The van der Waals surface area contributed by atoms with E-state index in [0.29, 0.717) is 18.7 Å². The van der Waals surface area contributed by atoms with Crippen LogP contribution >= 0.6 is 0 Å². The molecule has 0 spiro atoms. The predicted octanol–water partition coefficient (Wildman–Crippen LogP) is 2.53. The summed E-state index contributed by atoms with van der Waals surface area (Å²) in [5.74, 6) is -0.762. The Kier molecular flexibility index (Phi) is 4.66. The van der Waals surface area contributed by atoms with Gasteiger partial charge in [0.05, 0.1) is 23.4 Å². The molecule has 0 unspecified atom stereocenters. The highest BCUT2D eigenvalue weighted by atomic mass is 16.3. The third kappa shape index (κ3) is 2.74. The zero-order valence-corrected chi connectivity index (χ0v) is 15.3. The standard InChI is InChI=1S/C21H21N5O/c1-13(2)26-7-6-16-17(9-22)20(25)21(11-23,12-24)19(18(16)10-26)14-4-3-5-15(27)8-14/h3-6,8,13,18-19,27H,7,10,25H2,1-2H3/t18-,19-/m0/s1. The maximum absolute atomic E-state index is 10.0. The molecule has 6 heteroatoms. The molecule has 0 radical (unpaired) electrons. The van der Waals surface area contributed by atoms with Crippen molar-refractivity contribution in [3.05, 3.63) is 52.7 Å². The van der Waals surface area contributed by atoms with Crippen LogP contribution in [-0.2, 0) is 0 Å². The second kappa shape index (κ2) is 6.80. The number of phenols is 1. The van der Waals surface area contributed by atoms with Crippen molar-refractivity contribution in [3.63, 3.8) is 0 Å². The lowest BCUT2D eigenvalue weighted by Crippen LogP contribution is -2.49. The van der Waals surface area contributed by atoms with Gasteiger partial charge in [-0.25, -0.2) is 0 Å². The van der Waals surface area contributed by atoms with Crippen LogP contribution in [0.1, 0.15) is 25.3 Å². The highest BCUT2D eigenvalue weighted by molar-refractivity contribution is 5.59. The Morgan fingerprint density at radius 1 is 1.26 bits per heavy atom. The molecular formula is C21H21N5O. The number of fused-ring (bicyclic) bond motifs is 1. The van der Waals surface area contributed by atoms with Crippen molar-refractivity contribution in [1.29, 1.82) is 15.8 Å². The van der Waals surface area contributed by atoms with Gasteiger partial charge in [0.2, 0.25) is 0 Å². The average molecular weight is 359 g/mol. The molecule has 1 heterocycles. The summed E-state index contributed by atoms with van der Waals surface area (Å²) in [5, 5.41) is 39.7. The number of hydrogen-bond acceptors (Lipinski definition) is 6. The Morgan fingerprint density at radius 3 is 2.52 bits per heavy atom. The predicted molar refractivity (Wildman–Crippen MR) is 99.6 cm³/mol. The van der Waals surface area contributed by atoms with Gasteiger partial charge < -0.3 is 10.8 Å². The molecule has 1 aromatic carbocycles. The SMILES string of the molecule is CC(C)N1CC=C2C(C#N)=C(N)C(C#N)(C#N)[C@@H](c3cccc(O)c3)[C@H]2C1. The molecule has 6 nitrogen and oxygen atoms in total. The normalized spacial score (nSPS) is 24.4. The number of aromatic hydroxyl groups is 1. The molecule has 27 heavy (non-hydrogen) atoms. The van der Waals surface area contributed by atoms with Crippen LogP contribution < -0.4 is 5.73 Å². The molecule has 0 saturated carbocycles. The van der Waals surface area contributed by atoms with E-state index < -0.39 is 11.3 Å². The first-order valence-electron chi connectivity index (χ1n) is 8.85. The van der Waals surface area contributed by atoms with E-state index in [1.54, 1.807) is 24.3 Å². The maximum Gasteiger partial charge on any atom is 0.191 e. The Hall–Kier alpha value is -3.27. The third-order valence-electron chi connectivity index (χ3n) is 5.65. The van der Waals surface area contributed by atoms with Crippen LogP contribution in [0.15, 0.2) is 47.2 Å². The lowest BCUT2D eigenvalue weighted by Gasteiger charge is -2.46. The number of nitriles is 3. The molecule has 136 valence electrons. The van der Waals surface area contributed by atoms with Gasteiger partial charge in [0.1, 0.15) is 11.8 Å². The van der Waals surface area contributed by atoms with E-state index in [1.807, 2.05) is 6.08 Å². The largest absolute Gasteiger partial charge is 0.508 e. The first kappa shape index (κ1) is 18.5. The van der Waals surface area contributed by atoms with Crippen molar-refractivity contribution < 1.29 is 5.11 Å². The first-order chi connectivity index (χ1) is 12.9. The monoisotopic (exact) mass is 359 g/mol. The van der Waals surface area contributed by atoms with E-state index in [9.17, 15) is 20.9 Å². The summed E-state index contributed by atoms with van der Waals surface area (Å²) in [6.07, 6.45) is 1.98. The van der Waals surface area contributed by atoms with Gasteiger partial charge in [-0.2, -0.15) is 15.8 Å². The number of hydrogen-bond donors (Lipinski definition) is 2. The minimum atomic E-state index is -1.67. The van der Waals surface area contributed by atoms with Crippen molar-refractivity contribution in [1.82, 2.24) is 4.90 Å². The fourth-order valence-corrected chi connectivity index (χ4v) is 4.22. The summed E-state index contributed by atoms with van der Waals surface area (Å²) in [4.78, 5) is 2.24. The van der Waals surface area contributed by atoms with E-state index in [1.165, 1.54) is 0 Å². The molecule has 1 aliphatic carbocycles. The molecule has 3 N–H and O–H groups in total. The second-order valence-corrected chi connectivity index (χ2v) is 7.32. The number of rotatable bonds is 2. The Bertz CT molecular complexity index is 940. The van der Waals surface area contributed by atoms with Gasteiger partial charge in [0.25, 0.3) is 0 Å². The van der Waals surface area contributed by atoms with Crippen LogP contribution in [0.25, 0.3) is 0 Å². The molecule has 1 aliphatic heterocycles. The Balaban J connectivity index is 2.31. The van der Waals surface area contributed by atoms with Crippen molar-refractivity contribution in [2.24, 2.45) is 17.1 Å². The van der Waals surface area contributed by atoms with Crippen molar-refractivity contribution in [3.8, 4) is 24.0 Å². The summed E-state index contributed by atoms with van der Waals surface area (Å²) < 4.78 is 0. The number of nitrogens with zero attached hydrogens (tertiary/aromatic N) is 4. The topological polar surface area (TPSA) is 121 Å². The van der Waals surface area contributed by atoms with Crippen LogP contribution in [0, 0.1) is 45.3 Å². The van der Waals surface area contributed by atoms with Gasteiger partial charge >= 0.3 is 0 Å². The van der Waals surface area contributed by atoms with Crippen LogP contribution in [0.5, 0.6) is 5.75 Å². The van der Waals surface area contributed by atoms with Crippen LogP contribution in [-0.4, -0.2) is 29.1 Å². The average Bonchev–Trinajstić information content (AvgIpc) is 2.66. The summed E-state index contributed by atoms with van der Waals surface area (Å²) >= 11 is 0. The fraction of sp³-hybridized carbons (Fsp3) is 0.381. The number of nitrogens with two attached hydrogens (primary N) is 1. The van der Waals surface area contributed by atoms with Gasteiger partial charge in [-0.05, 0) is 37.1 Å². The second-order valence-electron chi connectivity index (χ2n) is 7.32. The number of phenolic OH excluding ortho intramolecular Hbond substituents is 1. The highest BCUT2D eigenvalue weighted by Gasteiger charge is 2.54. The molecule has 0 aromatic heterocycles. The smallest absolute Gasteiger partial charge is 0.191 e. The van der Waals surface area contributed by atoms with Gasteiger partial charge in [0.15, 0.2) is 5.41 Å². The van der Waals surface area contributed by atoms with E-state index in [0.717, 1.165) is 5.57 Å². The molecule has 0 saturated heterocycles. The van der Waals surface area contributed by atoms with Gasteiger partial charge in [0, 0.05) is 31.0 Å². The molecule has 2 atom stereocenters. The molecule has 1 aromatic rings. The molecule has 0 fully saturated rings. The quantitative estimate of drug-likeness (QED) is 0.837. The minimum Gasteiger partial charge on any atom is -0.508 e. The maximum atomic E-state index is 10.0. The van der Waals surface area contributed by atoms with Gasteiger partial charge in [-0.1, -0.05) is 18.2 Å². The molecule has 0 bridgehead atoms. The number of allylic oxidation sites excluding steroid dienone is 2. The molecule has 3 rings (SSSR count). The fourth-order valence-electron chi connectivity index (χ4n) is 4.22. The summed E-state index contributed by atoms with van der Waals surface area (Å²) in [6, 6.07) is 13.2. The van der Waals surface area contributed by atoms with Crippen molar-refractivity contribution in [2.75, 3.05) is 13.1 Å². The van der Waals surface area contributed by atoms with E-state index in [-0.39, 0.29) is 29.0 Å². The molecule has 2 aliphatic rings. The van der Waals surface area contributed by atoms with E-state index >= 15 is 0 Å². The van der Waals surface area contributed by atoms with Gasteiger partial charge in [-0.15, -0.1) is 0 Å². The lowest BCUT2D eigenvalue weighted by molar-refractivity contribution is 0.174. The molecular weight excluding hydrogens is 338 g/mol. The van der Waals surface area contributed by atoms with Gasteiger partial charge in [-0.3, -0.25) is 4.90 Å². The summed E-state index contributed by atoms with van der Waals surface area (Å²) in [7, 11) is 0. The Labute approximate surface area is 159 Å². The van der Waals surface area contributed by atoms with Crippen LogP contribution in [0.3, 0.4) is 0 Å². The summed E-state index contributed by atoms with van der Waals surface area (Å²) in [6.45, 7) is 5.46. The highest BCUT2D eigenvalue weighted by Crippen LogP contribution is 2.54. The van der Waals surface area contributed by atoms with E-state index in [2.05, 4.69) is 37.0 Å². The van der Waals surface area contributed by atoms with E-state index in [4.69, 9.17) is 5.73 Å². The summed E-state index contributed by atoms with van der Waals surface area (Å²) in [5.41, 5.74) is 6.29. The molecule has 0 amide bonds. The number of benzene rings is 1. The van der Waals surface area contributed by atoms with Crippen molar-refractivity contribution >= 4 is 0 Å². The minimum absolute atomic E-state index is 0.00356. The van der Waals surface area contributed by atoms with Crippen molar-refractivity contribution in [2.45, 2.75) is 25.8 Å².